The highest BCUT2D eigenvalue weighted by Gasteiger charge is 2.35. The van der Waals surface area contributed by atoms with E-state index < -0.39 is 0 Å². The van der Waals surface area contributed by atoms with Crippen LogP contribution < -0.4 is 4.90 Å². The molecule has 3 aliphatic rings. The second-order valence-corrected chi connectivity index (χ2v) is 10.1. The van der Waals surface area contributed by atoms with Gasteiger partial charge < -0.3 is 4.90 Å². The van der Waals surface area contributed by atoms with Gasteiger partial charge in [0.05, 0.1) is 12.6 Å². The van der Waals surface area contributed by atoms with Crippen molar-refractivity contribution >= 4 is 28.3 Å². The van der Waals surface area contributed by atoms with Crippen LogP contribution in [0.2, 0.25) is 0 Å². The lowest BCUT2D eigenvalue weighted by atomic mass is 9.94. The standard InChI is InChI=1S/C23H37N5O2S/c1-19(22(30)28(23-24-10-17-31-23)20-8-4-2-5-9-20)26-15-13-25(14-16-26)18-21(29)27-11-6-3-7-12-27/h10,17,19-20H,2-9,11-16,18H2,1H3. The summed E-state index contributed by atoms with van der Waals surface area (Å²) in [6.07, 6.45) is 11.1. The first-order valence-electron chi connectivity index (χ1n) is 12.1. The number of piperazine rings is 1. The Morgan fingerprint density at radius 1 is 1.03 bits per heavy atom. The number of carbonyl (C=O) groups is 2. The van der Waals surface area contributed by atoms with Crippen molar-refractivity contribution in [2.24, 2.45) is 0 Å². The number of amides is 2. The summed E-state index contributed by atoms with van der Waals surface area (Å²) in [7, 11) is 0. The lowest BCUT2D eigenvalue weighted by Gasteiger charge is -2.41. The molecule has 7 nitrogen and oxygen atoms in total. The number of anilines is 1. The van der Waals surface area contributed by atoms with Crippen LogP contribution in [0.1, 0.15) is 58.3 Å². The molecule has 2 aliphatic heterocycles. The normalized spacial score (nSPS) is 22.9. The average Bonchev–Trinajstić information content (AvgIpc) is 3.35. The van der Waals surface area contributed by atoms with Crippen LogP contribution in [0.4, 0.5) is 5.13 Å². The van der Waals surface area contributed by atoms with Crippen LogP contribution in [0.5, 0.6) is 0 Å². The van der Waals surface area contributed by atoms with E-state index >= 15 is 0 Å². The second kappa shape index (κ2) is 10.9. The van der Waals surface area contributed by atoms with Crippen molar-refractivity contribution in [1.29, 1.82) is 0 Å². The number of thiazole rings is 1. The Balaban J connectivity index is 1.32. The van der Waals surface area contributed by atoms with Crippen LogP contribution >= 0.6 is 11.3 Å². The summed E-state index contributed by atoms with van der Waals surface area (Å²) < 4.78 is 0. The Morgan fingerprint density at radius 2 is 1.71 bits per heavy atom. The number of hydrogen-bond acceptors (Lipinski definition) is 6. The van der Waals surface area contributed by atoms with Crippen LogP contribution in [0.25, 0.3) is 0 Å². The number of piperidine rings is 1. The van der Waals surface area contributed by atoms with Gasteiger partial charge in [0.25, 0.3) is 0 Å². The number of rotatable bonds is 6. The molecule has 4 rings (SSSR count). The molecule has 1 atom stereocenters. The predicted octanol–water partition coefficient (Wildman–Crippen LogP) is 2.83. The van der Waals surface area contributed by atoms with Gasteiger partial charge in [0.15, 0.2) is 5.13 Å². The summed E-state index contributed by atoms with van der Waals surface area (Å²) in [6.45, 7) is 7.74. The monoisotopic (exact) mass is 447 g/mol. The highest BCUT2D eigenvalue weighted by molar-refractivity contribution is 7.13. The van der Waals surface area contributed by atoms with Crippen LogP contribution in [0.15, 0.2) is 11.6 Å². The molecule has 1 unspecified atom stereocenters. The van der Waals surface area contributed by atoms with E-state index in [1.807, 2.05) is 22.1 Å². The zero-order chi connectivity index (χ0) is 21.6. The Bertz CT molecular complexity index is 708. The zero-order valence-electron chi connectivity index (χ0n) is 18.9. The number of carbonyl (C=O) groups excluding carboxylic acids is 2. The summed E-state index contributed by atoms with van der Waals surface area (Å²) in [5.74, 6) is 0.448. The van der Waals surface area contributed by atoms with Gasteiger partial charge in [-0.2, -0.15) is 0 Å². The Hall–Kier alpha value is -1.51. The maximum atomic E-state index is 13.6. The predicted molar refractivity (Wildman–Crippen MR) is 124 cm³/mol. The summed E-state index contributed by atoms with van der Waals surface area (Å²) >= 11 is 1.56. The fraction of sp³-hybridized carbons (Fsp3) is 0.783. The third-order valence-electron chi connectivity index (χ3n) is 7.18. The van der Waals surface area contributed by atoms with E-state index in [4.69, 9.17) is 0 Å². The van der Waals surface area contributed by atoms with Crippen LogP contribution in [0, 0.1) is 0 Å². The molecule has 172 valence electrons. The summed E-state index contributed by atoms with van der Waals surface area (Å²) in [4.78, 5) is 39.2. The van der Waals surface area contributed by atoms with E-state index in [0.29, 0.717) is 6.54 Å². The molecule has 1 saturated carbocycles. The van der Waals surface area contributed by atoms with Gasteiger partial charge in [-0.1, -0.05) is 19.3 Å². The molecule has 0 N–H and O–H groups in total. The van der Waals surface area contributed by atoms with Gasteiger partial charge in [0.1, 0.15) is 0 Å². The van der Waals surface area contributed by atoms with Crippen LogP contribution in [0.3, 0.4) is 0 Å². The van der Waals surface area contributed by atoms with Gasteiger partial charge in [-0.25, -0.2) is 4.98 Å². The van der Waals surface area contributed by atoms with Gasteiger partial charge in [-0.15, -0.1) is 11.3 Å². The van der Waals surface area contributed by atoms with Crippen molar-refractivity contribution in [2.45, 2.75) is 70.4 Å². The Labute approximate surface area is 190 Å². The number of aromatic nitrogens is 1. The van der Waals surface area contributed by atoms with Gasteiger partial charge in [-0.3, -0.25) is 24.3 Å². The maximum Gasteiger partial charge on any atom is 0.246 e. The van der Waals surface area contributed by atoms with Crippen molar-refractivity contribution < 1.29 is 9.59 Å². The molecule has 0 radical (unpaired) electrons. The first-order chi connectivity index (χ1) is 15.1. The zero-order valence-corrected chi connectivity index (χ0v) is 19.7. The van der Waals surface area contributed by atoms with Crippen LogP contribution in [-0.4, -0.2) is 89.4 Å². The van der Waals surface area contributed by atoms with E-state index in [1.54, 1.807) is 17.5 Å². The number of hydrogen-bond donors (Lipinski definition) is 0. The molecule has 0 aromatic carbocycles. The molecule has 0 spiro atoms. The van der Waals surface area contributed by atoms with Gasteiger partial charge in [-0.05, 0) is 39.0 Å². The molecule has 3 fully saturated rings. The van der Waals surface area contributed by atoms with E-state index in [2.05, 4.69) is 14.8 Å². The molecule has 1 aromatic rings. The van der Waals surface area contributed by atoms with Crippen molar-refractivity contribution in [3.05, 3.63) is 11.6 Å². The molecule has 0 bridgehead atoms. The third kappa shape index (κ3) is 5.65. The SMILES string of the molecule is CC(C(=O)N(c1nccs1)C1CCCCC1)N1CCN(CC(=O)N2CCCCC2)CC1. The van der Waals surface area contributed by atoms with Crippen LogP contribution in [-0.2, 0) is 9.59 Å². The fourth-order valence-electron chi connectivity index (χ4n) is 5.21. The highest BCUT2D eigenvalue weighted by Crippen LogP contribution is 2.30. The quantitative estimate of drug-likeness (QED) is 0.671. The molecular formula is C23H37N5O2S. The van der Waals surface area contributed by atoms with Crippen molar-refractivity contribution in [2.75, 3.05) is 50.7 Å². The van der Waals surface area contributed by atoms with Crippen molar-refractivity contribution in [3.8, 4) is 0 Å². The highest BCUT2D eigenvalue weighted by atomic mass is 32.1. The van der Waals surface area contributed by atoms with E-state index in [9.17, 15) is 9.59 Å². The van der Waals surface area contributed by atoms with E-state index in [1.165, 1.54) is 25.7 Å². The number of likely N-dealkylation sites (tertiary alicyclic amines) is 1. The molecule has 31 heavy (non-hydrogen) atoms. The summed E-state index contributed by atoms with van der Waals surface area (Å²) in [5.41, 5.74) is 0. The van der Waals surface area contributed by atoms with Crippen molar-refractivity contribution in [1.82, 2.24) is 19.7 Å². The molecule has 2 saturated heterocycles. The molecule has 3 heterocycles. The first-order valence-corrected chi connectivity index (χ1v) is 13.0. The lowest BCUT2D eigenvalue weighted by molar-refractivity contribution is -0.134. The van der Waals surface area contributed by atoms with E-state index in [-0.39, 0.29) is 23.9 Å². The molecule has 8 heteroatoms. The Morgan fingerprint density at radius 3 is 2.35 bits per heavy atom. The second-order valence-electron chi connectivity index (χ2n) is 9.24. The minimum atomic E-state index is -0.161. The lowest BCUT2D eigenvalue weighted by Crippen LogP contribution is -2.57. The molecule has 2 amide bonds. The molecule has 1 aliphatic carbocycles. The molecular weight excluding hydrogens is 410 g/mol. The van der Waals surface area contributed by atoms with Gasteiger partial charge >= 0.3 is 0 Å². The first kappa shape index (κ1) is 22.7. The fourth-order valence-corrected chi connectivity index (χ4v) is 5.92. The number of nitrogens with zero attached hydrogens (tertiary/aromatic N) is 5. The largest absolute Gasteiger partial charge is 0.342 e. The molecule has 1 aromatic heterocycles. The van der Waals surface area contributed by atoms with Gasteiger partial charge in [0.2, 0.25) is 11.8 Å². The Kier molecular flexibility index (Phi) is 7.96. The topological polar surface area (TPSA) is 60.0 Å². The minimum Gasteiger partial charge on any atom is -0.342 e. The third-order valence-corrected chi connectivity index (χ3v) is 7.95. The maximum absolute atomic E-state index is 13.6. The van der Waals surface area contributed by atoms with Crippen molar-refractivity contribution in [3.63, 3.8) is 0 Å². The van der Waals surface area contributed by atoms with Gasteiger partial charge in [0, 0.05) is 56.9 Å². The average molecular weight is 448 g/mol. The smallest absolute Gasteiger partial charge is 0.246 e. The summed E-state index contributed by atoms with van der Waals surface area (Å²) in [5, 5.41) is 2.80. The summed E-state index contributed by atoms with van der Waals surface area (Å²) in [6, 6.07) is 0.115. The van der Waals surface area contributed by atoms with E-state index in [0.717, 1.165) is 70.1 Å². The minimum absolute atomic E-state index is 0.161.